The van der Waals surface area contributed by atoms with Crippen molar-refractivity contribution in [3.8, 4) is 40.3 Å². The number of aryl methyl sites for hydroxylation is 8. The second kappa shape index (κ2) is 40.2. The average molecular weight is 1730 g/mol. The molecule has 125 heavy (non-hydrogen) atoms. The largest absolute Gasteiger partial charge is 0.494 e. The van der Waals surface area contributed by atoms with Gasteiger partial charge in [-0.2, -0.15) is 30.8 Å². The van der Waals surface area contributed by atoms with Crippen LogP contribution in [0.15, 0.2) is 175 Å². The molecule has 0 saturated carbocycles. The lowest BCUT2D eigenvalue weighted by atomic mass is 10.1. The van der Waals surface area contributed by atoms with Gasteiger partial charge < -0.3 is 52.0 Å². The molecule has 0 aliphatic rings. The maximum absolute atomic E-state index is 12.6. The van der Waals surface area contributed by atoms with Crippen molar-refractivity contribution in [2.75, 3.05) is 69.3 Å². The summed E-state index contributed by atoms with van der Waals surface area (Å²) in [6.45, 7) is 13.0. The van der Waals surface area contributed by atoms with Crippen LogP contribution in [0.3, 0.4) is 0 Å². The van der Waals surface area contributed by atoms with Gasteiger partial charge in [0.05, 0.1) is 76.0 Å². The average Bonchev–Trinajstić information content (AvgIpc) is 1.78. The highest BCUT2D eigenvalue weighted by molar-refractivity contribution is 7.91. The number of sulfone groups is 2. The lowest BCUT2D eigenvalue weighted by Crippen LogP contribution is -2.09. The number of methoxy groups -OCH3 is 2. The molecule has 0 radical (unpaired) electrons. The van der Waals surface area contributed by atoms with Gasteiger partial charge in [-0.15, -0.1) is 0 Å². The van der Waals surface area contributed by atoms with Crippen LogP contribution in [0.5, 0.6) is 11.5 Å². The Labute approximate surface area is 719 Å². The van der Waals surface area contributed by atoms with Gasteiger partial charge in [-0.3, -0.25) is 42.6 Å². The first-order chi connectivity index (χ1) is 59.8. The zero-order valence-electron chi connectivity index (χ0n) is 71.2. The Kier molecular flexibility index (Phi) is 29.0. The maximum Gasteiger partial charge on any atom is 0.185 e. The number of nitriles is 1. The summed E-state index contributed by atoms with van der Waals surface area (Å²) in [5.74, 6) is 6.63. The molecular formula is C84H91N29O10S2. The summed E-state index contributed by atoms with van der Waals surface area (Å²) in [4.78, 5) is 92.8. The van der Waals surface area contributed by atoms with Crippen molar-refractivity contribution in [1.82, 2.24) is 98.7 Å². The molecule has 0 aliphatic heterocycles. The molecule has 0 bridgehead atoms. The Bertz CT molecular complexity index is 6350. The summed E-state index contributed by atoms with van der Waals surface area (Å²) in [7, 11) is 5.27. The van der Waals surface area contributed by atoms with Crippen molar-refractivity contribution in [2.45, 2.75) is 83.9 Å². The second-order valence-corrected chi connectivity index (χ2v) is 31.8. The zero-order chi connectivity index (χ0) is 90.0. The Hall–Kier alpha value is -15.6. The van der Waals surface area contributed by atoms with Crippen LogP contribution in [0.4, 0.5) is 92.4 Å². The van der Waals surface area contributed by atoms with Crippen molar-refractivity contribution in [3.05, 3.63) is 210 Å². The number of anilines is 16. The number of Topliss-reactive ketones (excluding diaryl/α,β-unsaturated/α-hetero) is 4. The van der Waals surface area contributed by atoms with E-state index >= 15 is 0 Å². The molecule has 0 amide bonds. The lowest BCUT2D eigenvalue weighted by Gasteiger charge is -2.16. The molecular weight excluding hydrogens is 1640 g/mol. The third kappa shape index (κ3) is 22.7. The highest BCUT2D eigenvalue weighted by Crippen LogP contribution is 2.40. The molecule has 1 aromatic carbocycles. The summed E-state index contributed by atoms with van der Waals surface area (Å²) >= 11 is 0. The van der Waals surface area contributed by atoms with E-state index in [1.54, 1.807) is 151 Å². The fourth-order valence-corrected chi connectivity index (χ4v) is 13.6. The predicted molar refractivity (Wildman–Crippen MR) is 473 cm³/mol. The first kappa shape index (κ1) is 90.2. The van der Waals surface area contributed by atoms with E-state index in [4.69, 9.17) is 14.7 Å². The minimum absolute atomic E-state index is 0.00890. The fraction of sp³-hybridized carbons (Fsp3) is 0.238. The lowest BCUT2D eigenvalue weighted by molar-refractivity contribution is 0.0980. The first-order valence-corrected chi connectivity index (χ1v) is 42.5. The standard InChI is InChI=1S/C23H26N8O2.C22H25N9O2.C20H18N6O3S.C19H22N6O3S/c1-6-19(32)16-12-24-20(27-21-10-14(2)31(4)28-21)11-18(16)26-17-9-7-8-15(22(17)33-5)23-25-13-30(3)29-23;1-6-17(32)15-11-24-18(27-19-9-13(2)31(4)28-19)10-16(15)26-22-20(33-5)14(7-8-23-22)21-25-12-30(3)29-21;1-3-16(27)14-12-23-19(26-18-8-4-6-13(11-21)24-18)10-15(14)25-20-17(30(2,28)29)7-5-9-22-20;1-5-15(26)13-11-21-17(23-18-9-12(2)25(3)24-18)10-14(13)22-19-16(29(4,27)28)7-6-8-20-19/h7-13H,6H2,1-5H3,(H2,24,26,27,28);7-12H,6H2,1-5H3,(H2,23,24,26,27,28);4-10,12H,3H2,1-2H3,(H2,22,23,24,25,26);6-11H,5H2,1-4H3,(H2,20,21,22,23,24). The molecule has 13 aromatic heterocycles. The number of hydrogen-bond donors (Lipinski definition) is 8. The first-order valence-electron chi connectivity index (χ1n) is 38.7. The monoisotopic (exact) mass is 1730 g/mol. The molecule has 41 heteroatoms. The zero-order valence-corrected chi connectivity index (χ0v) is 72.8. The van der Waals surface area contributed by atoms with Crippen LogP contribution in [0, 0.1) is 32.1 Å². The van der Waals surface area contributed by atoms with E-state index < -0.39 is 19.7 Å². The van der Waals surface area contributed by atoms with Gasteiger partial charge in [0.1, 0.15) is 74.9 Å². The van der Waals surface area contributed by atoms with E-state index in [9.17, 15) is 36.0 Å². The molecule has 0 aliphatic carbocycles. The Morgan fingerprint density at radius 2 is 0.744 bits per heavy atom. The maximum atomic E-state index is 12.6. The van der Waals surface area contributed by atoms with Crippen LogP contribution in [0.2, 0.25) is 0 Å². The summed E-state index contributed by atoms with van der Waals surface area (Å²) in [5, 5.41) is 55.8. The van der Waals surface area contributed by atoms with Crippen LogP contribution in [-0.2, 0) is 54.9 Å². The van der Waals surface area contributed by atoms with Gasteiger partial charge in [-0.05, 0) is 75.4 Å². The molecule has 644 valence electrons. The Morgan fingerprint density at radius 1 is 0.384 bits per heavy atom. The number of benzene rings is 1. The normalized spacial score (nSPS) is 10.9. The van der Waals surface area contributed by atoms with Gasteiger partial charge in [0.15, 0.2) is 89.2 Å². The van der Waals surface area contributed by atoms with E-state index in [2.05, 4.69) is 118 Å². The number of carbonyl (C=O) groups excluding carboxylic acids is 4. The number of aromatic nitrogens is 20. The van der Waals surface area contributed by atoms with Crippen molar-refractivity contribution >= 4 is 135 Å². The number of carbonyl (C=O) groups is 4. The van der Waals surface area contributed by atoms with Crippen LogP contribution in [-0.4, -0.2) is 165 Å². The number of hydrogen-bond acceptors (Lipinski definition) is 34. The summed E-state index contributed by atoms with van der Waals surface area (Å²) < 4.78 is 68.2. The van der Waals surface area contributed by atoms with E-state index in [1.807, 2.05) is 98.4 Å². The number of pyridine rings is 8. The third-order valence-electron chi connectivity index (χ3n) is 18.7. The van der Waals surface area contributed by atoms with Gasteiger partial charge in [0.25, 0.3) is 0 Å². The van der Waals surface area contributed by atoms with Crippen LogP contribution < -0.4 is 52.0 Å². The third-order valence-corrected chi connectivity index (χ3v) is 21.0. The number of nitrogens with zero attached hydrogens (tertiary/aromatic N) is 21. The van der Waals surface area contributed by atoms with E-state index in [0.29, 0.717) is 145 Å². The number of nitrogens with one attached hydrogen (secondary N) is 8. The number of ether oxygens (including phenoxy) is 2. The second-order valence-electron chi connectivity index (χ2n) is 27.8. The summed E-state index contributed by atoms with van der Waals surface area (Å²) in [5.41, 5.74) is 8.81. The highest BCUT2D eigenvalue weighted by Gasteiger charge is 2.25. The van der Waals surface area contributed by atoms with Gasteiger partial charge in [-0.1, -0.05) is 39.8 Å². The molecule has 8 N–H and O–H groups in total. The topological polar surface area (TPSA) is 493 Å². The van der Waals surface area contributed by atoms with Gasteiger partial charge in [-0.25, -0.2) is 66.7 Å². The van der Waals surface area contributed by atoms with Crippen molar-refractivity contribution in [1.29, 1.82) is 5.26 Å². The molecule has 13 heterocycles. The smallest absolute Gasteiger partial charge is 0.185 e. The van der Waals surface area contributed by atoms with Crippen LogP contribution in [0.1, 0.15) is 118 Å². The molecule has 14 rings (SSSR count). The van der Waals surface area contributed by atoms with Gasteiger partial charge in [0, 0.05) is 176 Å². The number of ketones is 4. The number of rotatable bonds is 30. The molecule has 14 aromatic rings. The van der Waals surface area contributed by atoms with Crippen LogP contribution in [0.25, 0.3) is 22.8 Å². The SMILES string of the molecule is CCC(=O)c1cnc(Nc2cc(C)n(C)n2)cc1Nc1cccc(-c2ncn(C)n2)c1OC.CCC(=O)c1cnc(Nc2cc(C)n(C)n2)cc1Nc1nccc(-c2ncn(C)n2)c1OC.CCC(=O)c1cnc(Nc2cc(C)n(C)n2)cc1Nc1ncccc1S(C)(=O)=O.CCC(=O)c1cnc(Nc2cccc(C#N)n2)cc1Nc1ncccc1S(C)(=O)=O. The van der Waals surface area contributed by atoms with Gasteiger partial charge >= 0.3 is 0 Å². The van der Waals surface area contributed by atoms with E-state index in [0.717, 1.165) is 35.2 Å². The van der Waals surface area contributed by atoms with E-state index in [1.165, 1.54) is 43.0 Å². The molecule has 0 saturated heterocycles. The Balaban J connectivity index is 0.000000162. The van der Waals surface area contributed by atoms with Crippen molar-refractivity contribution < 1.29 is 45.5 Å². The molecule has 0 spiro atoms. The molecule has 39 nitrogen and oxygen atoms in total. The van der Waals surface area contributed by atoms with Crippen molar-refractivity contribution in [2.24, 2.45) is 35.2 Å². The summed E-state index contributed by atoms with van der Waals surface area (Å²) in [6.07, 6.45) is 17.2. The predicted octanol–water partition coefficient (Wildman–Crippen LogP) is 13.6. The van der Waals surface area contributed by atoms with E-state index in [-0.39, 0.29) is 63.1 Å². The van der Waals surface area contributed by atoms with Crippen molar-refractivity contribution in [3.63, 3.8) is 0 Å². The number of para-hydroxylation sites is 1. The summed E-state index contributed by atoms with van der Waals surface area (Å²) in [6, 6.07) is 32.7. The fourth-order valence-electron chi connectivity index (χ4n) is 12.1. The highest BCUT2D eigenvalue weighted by atomic mass is 32.2. The Morgan fingerprint density at radius 3 is 1.09 bits per heavy atom. The molecule has 0 fully saturated rings. The quantitative estimate of drug-likeness (QED) is 0.0194. The molecule has 0 atom stereocenters. The van der Waals surface area contributed by atoms with Gasteiger partial charge in [0.2, 0.25) is 0 Å². The molecule has 0 unspecified atom stereocenters. The minimum atomic E-state index is -3.54. The van der Waals surface area contributed by atoms with Crippen LogP contribution >= 0.6 is 0 Å². The minimum Gasteiger partial charge on any atom is -0.494 e.